The summed E-state index contributed by atoms with van der Waals surface area (Å²) < 4.78 is 187. The summed E-state index contributed by atoms with van der Waals surface area (Å²) in [6.45, 7) is -0.121. The molecule has 0 aromatic heterocycles. The second kappa shape index (κ2) is 10.9. The molecule has 3 rings (SSSR count). The third-order valence-electron chi connectivity index (χ3n) is 4.94. The third-order valence-corrected chi connectivity index (χ3v) is 5.15. The summed E-state index contributed by atoms with van der Waals surface area (Å²) in [6.07, 6.45) is -28.0. The van der Waals surface area contributed by atoms with Gasteiger partial charge in [-0.2, -0.15) is 43.9 Å². The first-order valence-electron chi connectivity index (χ1n) is 10.5. The van der Waals surface area contributed by atoms with E-state index in [4.69, 9.17) is 21.7 Å². The molecule has 0 saturated heterocycles. The summed E-state index contributed by atoms with van der Waals surface area (Å²) in [7, 11) is 0. The van der Waals surface area contributed by atoms with Crippen molar-refractivity contribution in [3.8, 4) is 11.5 Å². The van der Waals surface area contributed by atoms with E-state index < -0.39 is 58.8 Å². The Balaban J connectivity index is 1.75. The van der Waals surface area contributed by atoms with Crippen LogP contribution in [0.5, 0.6) is 11.5 Å². The fourth-order valence-corrected chi connectivity index (χ4v) is 3.21. The lowest BCUT2D eigenvalue weighted by Gasteiger charge is -2.35. The Morgan fingerprint density at radius 3 is 1.98 bits per heavy atom. The molecule has 0 atom stereocenters. The summed E-state index contributed by atoms with van der Waals surface area (Å²) in [4.78, 5) is 12.3. The van der Waals surface area contributed by atoms with Crippen molar-refractivity contribution in [2.24, 2.45) is 0 Å². The number of anilines is 1. The Morgan fingerprint density at radius 2 is 1.36 bits per heavy atom. The van der Waals surface area contributed by atoms with Gasteiger partial charge in [0.25, 0.3) is 5.91 Å². The van der Waals surface area contributed by atoms with Gasteiger partial charge in [0.1, 0.15) is 0 Å². The number of ether oxygens (including phenoxy) is 4. The van der Waals surface area contributed by atoms with Crippen LogP contribution in [0, 0.1) is 0 Å². The molecule has 2 aromatic carbocycles. The molecule has 1 aliphatic rings. The van der Waals surface area contributed by atoms with Crippen molar-refractivity contribution in [2.75, 3.05) is 12.1 Å². The van der Waals surface area contributed by atoms with Crippen LogP contribution in [0.1, 0.15) is 15.9 Å². The molecule has 1 aliphatic heterocycles. The van der Waals surface area contributed by atoms with E-state index in [1.54, 1.807) is 4.74 Å². The van der Waals surface area contributed by atoms with E-state index in [2.05, 4.69) is 10.6 Å². The lowest BCUT2D eigenvalue weighted by atomic mass is 10.1. The van der Waals surface area contributed by atoms with E-state index in [1.807, 2.05) is 4.74 Å². The predicted octanol–water partition coefficient (Wildman–Crippen LogP) is 6.60. The summed E-state index contributed by atoms with van der Waals surface area (Å²) >= 11 is 4.80. The topological polar surface area (TPSA) is 78.1 Å². The zero-order valence-electron chi connectivity index (χ0n) is 19.6. The van der Waals surface area contributed by atoms with Crippen LogP contribution >= 0.6 is 12.2 Å². The highest BCUT2D eigenvalue weighted by molar-refractivity contribution is 7.80. The van der Waals surface area contributed by atoms with Gasteiger partial charge in [-0.15, -0.1) is 13.2 Å². The average Bonchev–Trinajstić information content (AvgIpc) is 3.29. The molecule has 42 heavy (non-hydrogen) atoms. The van der Waals surface area contributed by atoms with Crippen molar-refractivity contribution in [1.29, 1.82) is 0 Å². The maximum Gasteiger partial charge on any atom is 0.527 e. The predicted molar refractivity (Wildman–Crippen MR) is 115 cm³/mol. The van der Waals surface area contributed by atoms with Gasteiger partial charge in [0.2, 0.25) is 6.79 Å². The maximum atomic E-state index is 14.5. The number of halogens is 13. The number of alkyl halides is 13. The first kappa shape index (κ1) is 32.9. The number of amides is 1. The molecule has 21 heteroatoms. The number of nitrogens with one attached hydrogen (secondary N) is 2. The molecule has 0 fully saturated rings. The molecule has 0 saturated carbocycles. The molecule has 7 nitrogen and oxygen atoms in total. The Labute approximate surface area is 229 Å². The molecule has 0 radical (unpaired) electrons. The molecule has 232 valence electrons. The summed E-state index contributed by atoms with van der Waals surface area (Å²) in [5.41, 5.74) is -2.62. The molecule has 0 bridgehead atoms. The number of fused-ring (bicyclic) bond motifs is 1. The molecular formula is C21H11F13N2O5S. The van der Waals surface area contributed by atoms with Gasteiger partial charge in [0, 0.05) is 16.8 Å². The third kappa shape index (κ3) is 6.72. The second-order valence-corrected chi connectivity index (χ2v) is 8.31. The molecule has 1 heterocycles. The van der Waals surface area contributed by atoms with E-state index in [0.29, 0.717) is 11.8 Å². The number of carbonyl (C=O) groups is 1. The van der Waals surface area contributed by atoms with E-state index in [-0.39, 0.29) is 30.2 Å². The maximum absolute atomic E-state index is 14.5. The Morgan fingerprint density at radius 1 is 0.762 bits per heavy atom. The average molecular weight is 650 g/mol. The van der Waals surface area contributed by atoms with Gasteiger partial charge in [0.15, 0.2) is 16.6 Å². The molecule has 0 spiro atoms. The molecule has 0 unspecified atom stereocenters. The highest BCUT2D eigenvalue weighted by atomic mass is 32.1. The van der Waals surface area contributed by atoms with E-state index >= 15 is 0 Å². The van der Waals surface area contributed by atoms with Gasteiger partial charge in [0.05, 0.1) is 0 Å². The van der Waals surface area contributed by atoms with Crippen LogP contribution < -0.4 is 20.1 Å². The number of thiocarbonyl (C=S) groups is 1. The summed E-state index contributed by atoms with van der Waals surface area (Å²) in [5.74, 6) is -13.9. The minimum atomic E-state index is -7.54. The normalized spacial score (nSPS) is 14.5. The van der Waals surface area contributed by atoms with Gasteiger partial charge in [-0.1, -0.05) is 12.1 Å². The van der Waals surface area contributed by atoms with Crippen LogP contribution in [0.4, 0.5) is 62.8 Å². The van der Waals surface area contributed by atoms with Crippen molar-refractivity contribution in [3.05, 3.63) is 53.6 Å². The van der Waals surface area contributed by atoms with E-state index in [0.717, 1.165) is 6.07 Å². The van der Waals surface area contributed by atoms with Crippen LogP contribution in [0.3, 0.4) is 0 Å². The number of benzene rings is 2. The Hall–Kier alpha value is -3.59. The first-order valence-corrected chi connectivity index (χ1v) is 10.9. The van der Waals surface area contributed by atoms with Crippen LogP contribution in [0.25, 0.3) is 0 Å². The monoisotopic (exact) mass is 650 g/mol. The highest BCUT2D eigenvalue weighted by Gasteiger charge is 2.80. The second-order valence-electron chi connectivity index (χ2n) is 7.91. The number of carbonyl (C=O) groups excluding carboxylic acids is 1. The first-order chi connectivity index (χ1) is 19.0. The van der Waals surface area contributed by atoms with Gasteiger partial charge in [-0.3, -0.25) is 10.1 Å². The van der Waals surface area contributed by atoms with Gasteiger partial charge in [-0.25, -0.2) is 9.47 Å². The minimum absolute atomic E-state index is 0.0376. The van der Waals surface area contributed by atoms with Crippen LogP contribution in [-0.4, -0.2) is 48.4 Å². The molecule has 1 amide bonds. The lowest BCUT2D eigenvalue weighted by Crippen LogP contribution is -2.61. The van der Waals surface area contributed by atoms with Crippen molar-refractivity contribution in [2.45, 2.75) is 36.5 Å². The SMILES string of the molecule is O=C(NC(=S)Nc1cccc(C(F)(F)C(F)(F)OC(F)(F)C(F)(F)C(F)(F)OC(F)(F)F)c1)c1ccc2c(c1)OCO2. The van der Waals surface area contributed by atoms with Crippen LogP contribution in [0.2, 0.25) is 0 Å². The smallest absolute Gasteiger partial charge is 0.454 e. The fourth-order valence-electron chi connectivity index (χ4n) is 3.00. The number of hydrogen-bond acceptors (Lipinski definition) is 6. The quantitative estimate of drug-likeness (QED) is 0.234. The number of rotatable bonds is 9. The zero-order chi connectivity index (χ0) is 31.9. The van der Waals surface area contributed by atoms with Gasteiger partial charge < -0.3 is 14.8 Å². The number of hydrogen-bond donors (Lipinski definition) is 2. The molecule has 2 aromatic rings. The van der Waals surface area contributed by atoms with E-state index in [1.165, 1.54) is 18.2 Å². The summed E-state index contributed by atoms with van der Waals surface area (Å²) in [6, 6.07) is 5.57. The molecular weight excluding hydrogens is 639 g/mol. The Bertz CT molecular complexity index is 1350. The van der Waals surface area contributed by atoms with Crippen molar-refractivity contribution in [1.82, 2.24) is 5.32 Å². The molecule has 0 aliphatic carbocycles. The fraction of sp³-hybridized carbons (Fsp3) is 0.333. The van der Waals surface area contributed by atoms with Crippen molar-refractivity contribution >= 4 is 28.9 Å². The van der Waals surface area contributed by atoms with Crippen molar-refractivity contribution < 1.29 is 80.8 Å². The highest BCUT2D eigenvalue weighted by Crippen LogP contribution is 2.54. The minimum Gasteiger partial charge on any atom is -0.454 e. The Kier molecular flexibility index (Phi) is 8.55. The lowest BCUT2D eigenvalue weighted by molar-refractivity contribution is -0.535. The van der Waals surface area contributed by atoms with Gasteiger partial charge in [-0.05, 0) is 42.5 Å². The van der Waals surface area contributed by atoms with Crippen molar-refractivity contribution in [3.63, 3.8) is 0 Å². The largest absolute Gasteiger partial charge is 0.527 e. The standard InChI is InChI=1S/C21H11F13N2O5S/c22-16(23,18(26,27)40-19(28,29)17(24,25)20(30,31)41-21(32,33)34)10-2-1-3-11(7-10)35-15(42)36-14(37)9-4-5-12-13(6-9)39-8-38-12/h1-7H,8H2,(H2,35,36,37,42). The zero-order valence-corrected chi connectivity index (χ0v) is 20.4. The summed E-state index contributed by atoms with van der Waals surface area (Å²) in [5, 5.41) is 3.56. The van der Waals surface area contributed by atoms with Gasteiger partial charge >= 0.3 is 36.5 Å². The molecule has 2 N–H and O–H groups in total. The van der Waals surface area contributed by atoms with Crippen LogP contribution in [0.15, 0.2) is 42.5 Å². The van der Waals surface area contributed by atoms with E-state index in [9.17, 15) is 61.9 Å². The van der Waals surface area contributed by atoms with Crippen LogP contribution in [-0.2, 0) is 15.4 Å².